The van der Waals surface area contributed by atoms with Crippen molar-refractivity contribution in [1.82, 2.24) is 9.78 Å². The Morgan fingerprint density at radius 2 is 1.83 bits per heavy atom. The van der Waals surface area contributed by atoms with Crippen molar-refractivity contribution in [2.24, 2.45) is 0 Å². The third kappa shape index (κ3) is 2.99. The molecular formula is C19H16FN3O. The van der Waals surface area contributed by atoms with E-state index in [0.717, 1.165) is 11.3 Å². The molecule has 5 heteroatoms. The Bertz CT molecular complexity index is 907. The zero-order valence-electron chi connectivity index (χ0n) is 13.5. The number of hydrogen-bond acceptors (Lipinski definition) is 3. The van der Waals surface area contributed by atoms with Gasteiger partial charge >= 0.3 is 0 Å². The fraction of sp³-hybridized carbons (Fsp3) is 0.158. The van der Waals surface area contributed by atoms with Crippen LogP contribution in [0.5, 0.6) is 5.75 Å². The maximum atomic E-state index is 13.2. The van der Waals surface area contributed by atoms with E-state index in [1.54, 1.807) is 23.7 Å². The van der Waals surface area contributed by atoms with Gasteiger partial charge in [0.2, 0.25) is 0 Å². The summed E-state index contributed by atoms with van der Waals surface area (Å²) < 4.78 is 20.7. The topological polar surface area (TPSA) is 50.8 Å². The molecular weight excluding hydrogens is 305 g/mol. The van der Waals surface area contributed by atoms with Crippen LogP contribution in [0.1, 0.15) is 22.5 Å². The average molecular weight is 321 g/mol. The molecule has 0 fully saturated rings. The van der Waals surface area contributed by atoms with Crippen LogP contribution in [-0.2, 0) is 6.61 Å². The van der Waals surface area contributed by atoms with Crippen molar-refractivity contribution in [3.05, 3.63) is 76.9 Å². The molecule has 0 saturated heterocycles. The van der Waals surface area contributed by atoms with Crippen LogP contribution in [0.15, 0.2) is 48.5 Å². The Morgan fingerprint density at radius 1 is 1.12 bits per heavy atom. The van der Waals surface area contributed by atoms with Gasteiger partial charge in [0.15, 0.2) is 0 Å². The Balaban J connectivity index is 1.98. The summed E-state index contributed by atoms with van der Waals surface area (Å²) in [6.45, 7) is 3.94. The molecule has 0 saturated carbocycles. The minimum absolute atomic E-state index is 0.200. The van der Waals surface area contributed by atoms with E-state index in [-0.39, 0.29) is 12.4 Å². The molecule has 120 valence electrons. The van der Waals surface area contributed by atoms with Crippen LogP contribution in [0.2, 0.25) is 0 Å². The van der Waals surface area contributed by atoms with Crippen molar-refractivity contribution in [3.8, 4) is 17.5 Å². The first-order valence-electron chi connectivity index (χ1n) is 7.53. The lowest BCUT2D eigenvalue weighted by Gasteiger charge is -2.11. The summed E-state index contributed by atoms with van der Waals surface area (Å²) in [6, 6.07) is 15.8. The summed E-state index contributed by atoms with van der Waals surface area (Å²) in [6.07, 6.45) is 0. The Hall–Kier alpha value is -3.13. The van der Waals surface area contributed by atoms with Gasteiger partial charge in [0, 0.05) is 0 Å². The second kappa shape index (κ2) is 6.55. The van der Waals surface area contributed by atoms with Crippen molar-refractivity contribution < 1.29 is 9.13 Å². The summed E-state index contributed by atoms with van der Waals surface area (Å²) in [4.78, 5) is 0. The lowest BCUT2D eigenvalue weighted by molar-refractivity contribution is 0.295. The van der Waals surface area contributed by atoms with Gasteiger partial charge < -0.3 is 4.74 Å². The molecule has 3 aromatic rings. The predicted molar refractivity (Wildman–Crippen MR) is 88.5 cm³/mol. The number of nitrogens with zero attached hydrogens (tertiary/aromatic N) is 3. The molecule has 0 radical (unpaired) electrons. The maximum Gasteiger partial charge on any atom is 0.132 e. The molecule has 4 nitrogen and oxygen atoms in total. The highest BCUT2D eigenvalue weighted by Crippen LogP contribution is 2.22. The first kappa shape index (κ1) is 15.8. The third-order valence-corrected chi connectivity index (χ3v) is 3.80. The first-order valence-corrected chi connectivity index (χ1v) is 7.53. The number of para-hydroxylation sites is 1. The van der Waals surface area contributed by atoms with Crippen molar-refractivity contribution in [1.29, 1.82) is 5.26 Å². The highest BCUT2D eigenvalue weighted by molar-refractivity contribution is 5.43. The van der Waals surface area contributed by atoms with Gasteiger partial charge in [-0.05, 0) is 49.7 Å². The molecule has 3 rings (SSSR count). The number of benzene rings is 2. The number of nitriles is 1. The van der Waals surface area contributed by atoms with E-state index < -0.39 is 0 Å². The van der Waals surface area contributed by atoms with Gasteiger partial charge in [-0.3, -0.25) is 0 Å². The molecule has 1 aromatic heterocycles. The first-order chi connectivity index (χ1) is 11.6. The molecule has 0 aliphatic rings. The summed E-state index contributed by atoms with van der Waals surface area (Å²) in [7, 11) is 0. The minimum atomic E-state index is -0.319. The van der Waals surface area contributed by atoms with Gasteiger partial charge in [-0.2, -0.15) is 10.4 Å². The Kier molecular flexibility index (Phi) is 4.30. The predicted octanol–water partition coefficient (Wildman–Crippen LogP) is 4.08. The van der Waals surface area contributed by atoms with Crippen LogP contribution in [0.25, 0.3) is 5.69 Å². The normalized spacial score (nSPS) is 10.4. The third-order valence-electron chi connectivity index (χ3n) is 3.80. The molecule has 0 N–H and O–H groups in total. The van der Waals surface area contributed by atoms with Gasteiger partial charge in [-0.1, -0.05) is 18.2 Å². The number of aryl methyl sites for hydroxylation is 2. The molecule has 0 unspecified atom stereocenters. The fourth-order valence-corrected chi connectivity index (χ4v) is 2.51. The minimum Gasteiger partial charge on any atom is -0.487 e. The molecule has 0 spiro atoms. The van der Waals surface area contributed by atoms with Crippen molar-refractivity contribution in [2.45, 2.75) is 20.5 Å². The SMILES string of the molecule is Cc1ccccc1OCc1c(C#N)c(C)nn1-c1ccc(F)cc1. The van der Waals surface area contributed by atoms with Crippen LogP contribution in [0.3, 0.4) is 0 Å². The molecule has 0 amide bonds. The summed E-state index contributed by atoms with van der Waals surface area (Å²) in [5.74, 6) is 0.437. The van der Waals surface area contributed by atoms with Crippen molar-refractivity contribution >= 4 is 0 Å². The number of aromatic nitrogens is 2. The lowest BCUT2D eigenvalue weighted by atomic mass is 10.2. The number of rotatable bonds is 4. The Labute approximate surface area is 139 Å². The van der Waals surface area contributed by atoms with Gasteiger partial charge in [-0.25, -0.2) is 9.07 Å². The second-order valence-corrected chi connectivity index (χ2v) is 5.46. The van der Waals surface area contributed by atoms with E-state index in [4.69, 9.17) is 4.74 Å². The molecule has 0 aliphatic carbocycles. The van der Waals surface area contributed by atoms with Crippen LogP contribution in [0.4, 0.5) is 4.39 Å². The average Bonchev–Trinajstić information content (AvgIpc) is 2.90. The number of ether oxygens (including phenoxy) is 1. The highest BCUT2D eigenvalue weighted by Gasteiger charge is 2.17. The molecule has 0 atom stereocenters. The molecule has 1 heterocycles. The number of halogens is 1. The quantitative estimate of drug-likeness (QED) is 0.727. The van der Waals surface area contributed by atoms with E-state index in [0.29, 0.717) is 22.6 Å². The van der Waals surface area contributed by atoms with Crippen molar-refractivity contribution in [2.75, 3.05) is 0 Å². The second-order valence-electron chi connectivity index (χ2n) is 5.46. The van der Waals surface area contributed by atoms with E-state index >= 15 is 0 Å². The smallest absolute Gasteiger partial charge is 0.132 e. The molecule has 2 aromatic carbocycles. The maximum absolute atomic E-state index is 13.2. The van der Waals surface area contributed by atoms with E-state index in [1.165, 1.54) is 12.1 Å². The van der Waals surface area contributed by atoms with Crippen LogP contribution in [-0.4, -0.2) is 9.78 Å². The van der Waals surface area contributed by atoms with Crippen LogP contribution >= 0.6 is 0 Å². The zero-order chi connectivity index (χ0) is 17.1. The van der Waals surface area contributed by atoms with Gasteiger partial charge in [0.05, 0.1) is 17.1 Å². The monoisotopic (exact) mass is 321 g/mol. The molecule has 24 heavy (non-hydrogen) atoms. The fourth-order valence-electron chi connectivity index (χ4n) is 2.51. The zero-order valence-corrected chi connectivity index (χ0v) is 13.5. The van der Waals surface area contributed by atoms with E-state index in [1.807, 2.05) is 31.2 Å². The Morgan fingerprint density at radius 3 is 2.50 bits per heavy atom. The highest BCUT2D eigenvalue weighted by atomic mass is 19.1. The largest absolute Gasteiger partial charge is 0.487 e. The standard InChI is InChI=1S/C19H16FN3O/c1-13-5-3-4-6-19(13)24-12-18-17(11-21)14(2)22-23(18)16-9-7-15(20)8-10-16/h3-10H,12H2,1-2H3. The van der Waals surface area contributed by atoms with Crippen molar-refractivity contribution in [3.63, 3.8) is 0 Å². The summed E-state index contributed by atoms with van der Waals surface area (Å²) in [5, 5.41) is 13.8. The van der Waals surface area contributed by atoms with Gasteiger partial charge in [0.1, 0.15) is 29.8 Å². The van der Waals surface area contributed by atoms with Gasteiger partial charge in [0.25, 0.3) is 0 Å². The lowest BCUT2D eigenvalue weighted by Crippen LogP contribution is -2.07. The van der Waals surface area contributed by atoms with E-state index in [2.05, 4.69) is 11.2 Å². The number of hydrogen-bond donors (Lipinski definition) is 0. The molecule has 0 aliphatic heterocycles. The van der Waals surface area contributed by atoms with Gasteiger partial charge in [-0.15, -0.1) is 0 Å². The van der Waals surface area contributed by atoms with Crippen LogP contribution in [0, 0.1) is 31.0 Å². The van der Waals surface area contributed by atoms with Crippen LogP contribution < -0.4 is 4.74 Å². The summed E-state index contributed by atoms with van der Waals surface area (Å²) >= 11 is 0. The van der Waals surface area contributed by atoms with E-state index in [9.17, 15) is 9.65 Å². The summed E-state index contributed by atoms with van der Waals surface area (Å²) in [5.41, 5.74) is 3.44. The molecule has 0 bridgehead atoms.